The second-order valence-electron chi connectivity index (χ2n) is 5.22. The van der Waals surface area contributed by atoms with Crippen LogP contribution in [0, 0.1) is 0 Å². The monoisotopic (exact) mass is 383 g/mol. The molecule has 0 aliphatic heterocycles. The van der Waals surface area contributed by atoms with Crippen LogP contribution in [-0.2, 0) is 11.3 Å². The van der Waals surface area contributed by atoms with Crippen LogP contribution in [0.2, 0.25) is 10.0 Å². The van der Waals surface area contributed by atoms with Crippen molar-refractivity contribution in [1.29, 1.82) is 0 Å². The summed E-state index contributed by atoms with van der Waals surface area (Å²) in [5.74, 6) is 0.368. The predicted molar refractivity (Wildman–Crippen MR) is 98.0 cm³/mol. The molecule has 1 aromatic carbocycles. The first-order valence-corrected chi connectivity index (χ1v) is 8.43. The van der Waals surface area contributed by atoms with E-state index in [-0.39, 0.29) is 30.9 Å². The van der Waals surface area contributed by atoms with Crippen LogP contribution in [0.1, 0.15) is 41.8 Å². The normalized spacial score (nSPS) is 12.7. The Morgan fingerprint density at radius 1 is 1.36 bits per heavy atom. The number of ether oxygens (including phenoxy) is 1. The number of nitrogens with zero attached hydrogens (tertiary/aromatic N) is 1. The van der Waals surface area contributed by atoms with Crippen molar-refractivity contribution in [1.82, 2.24) is 5.32 Å². The second-order valence-corrected chi connectivity index (χ2v) is 6.06. The van der Waals surface area contributed by atoms with Crippen LogP contribution in [0.3, 0.4) is 0 Å². The Bertz CT molecular complexity index is 774. The third-order valence-corrected chi connectivity index (χ3v) is 3.90. The maximum atomic E-state index is 11.5. The number of nitrogens with one attached hydrogen (secondary N) is 1. The summed E-state index contributed by atoms with van der Waals surface area (Å²) in [5, 5.41) is 4.16. The van der Waals surface area contributed by atoms with E-state index >= 15 is 0 Å². The lowest BCUT2D eigenvalue weighted by Crippen LogP contribution is -2.33. The molecule has 0 spiro atoms. The minimum absolute atomic E-state index is 0.139. The van der Waals surface area contributed by atoms with E-state index in [1.54, 1.807) is 31.2 Å². The molecule has 8 heteroatoms. The standard InChI is InChI=1S/C17H19Cl2N3O3/c1-3-24-16(23)15-7-5-12(25-15)9-21-17(20)22-10(2)13-6-4-11(18)8-14(13)19/h4-8,10H,3,9H2,1-2H3,(H3,20,21,22). The van der Waals surface area contributed by atoms with Crippen molar-refractivity contribution in [2.75, 3.05) is 6.61 Å². The molecular formula is C17H19Cl2N3O3. The van der Waals surface area contributed by atoms with Crippen LogP contribution < -0.4 is 11.1 Å². The molecule has 2 rings (SSSR count). The topological polar surface area (TPSA) is 89.8 Å². The highest BCUT2D eigenvalue weighted by atomic mass is 35.5. The number of hydrogen-bond acceptors (Lipinski definition) is 4. The quantitative estimate of drug-likeness (QED) is 0.448. The number of hydrogen-bond donors (Lipinski definition) is 2. The molecule has 1 atom stereocenters. The molecule has 1 aromatic heterocycles. The molecule has 0 aliphatic rings. The maximum absolute atomic E-state index is 11.5. The van der Waals surface area contributed by atoms with Gasteiger partial charge in [0.2, 0.25) is 5.76 Å². The van der Waals surface area contributed by atoms with Gasteiger partial charge in [0, 0.05) is 10.0 Å². The summed E-state index contributed by atoms with van der Waals surface area (Å²) in [6.45, 7) is 4.12. The van der Waals surface area contributed by atoms with Crippen LogP contribution >= 0.6 is 23.2 Å². The van der Waals surface area contributed by atoms with Crippen LogP contribution in [0.5, 0.6) is 0 Å². The highest BCUT2D eigenvalue weighted by Gasteiger charge is 2.13. The van der Waals surface area contributed by atoms with Gasteiger partial charge in [0.15, 0.2) is 5.96 Å². The zero-order valence-corrected chi connectivity index (χ0v) is 15.4. The second kappa shape index (κ2) is 8.78. The zero-order chi connectivity index (χ0) is 18.4. The molecule has 0 amide bonds. The van der Waals surface area contributed by atoms with Crippen LogP contribution in [0.25, 0.3) is 0 Å². The van der Waals surface area contributed by atoms with Crippen LogP contribution in [0.15, 0.2) is 39.7 Å². The fourth-order valence-electron chi connectivity index (χ4n) is 2.14. The summed E-state index contributed by atoms with van der Waals surface area (Å²) in [6, 6.07) is 8.30. The first kappa shape index (κ1) is 19.1. The van der Waals surface area contributed by atoms with Crippen molar-refractivity contribution in [3.05, 3.63) is 57.5 Å². The summed E-state index contributed by atoms with van der Waals surface area (Å²) in [6.07, 6.45) is 0. The summed E-state index contributed by atoms with van der Waals surface area (Å²) in [7, 11) is 0. The molecule has 1 unspecified atom stereocenters. The summed E-state index contributed by atoms with van der Waals surface area (Å²) in [5.41, 5.74) is 6.74. The smallest absolute Gasteiger partial charge is 0.374 e. The molecule has 6 nitrogen and oxygen atoms in total. The molecule has 134 valence electrons. The van der Waals surface area contributed by atoms with E-state index in [1.165, 1.54) is 0 Å². The largest absolute Gasteiger partial charge is 0.460 e. The third-order valence-electron chi connectivity index (χ3n) is 3.34. The average Bonchev–Trinajstić information content (AvgIpc) is 3.02. The maximum Gasteiger partial charge on any atom is 0.374 e. The molecule has 0 fully saturated rings. The van der Waals surface area contributed by atoms with E-state index in [4.69, 9.17) is 38.1 Å². The lowest BCUT2D eigenvalue weighted by atomic mass is 10.1. The highest BCUT2D eigenvalue weighted by Crippen LogP contribution is 2.25. The van der Waals surface area contributed by atoms with Crippen molar-refractivity contribution in [3.63, 3.8) is 0 Å². The van der Waals surface area contributed by atoms with Crippen molar-refractivity contribution in [2.45, 2.75) is 26.4 Å². The van der Waals surface area contributed by atoms with E-state index in [0.29, 0.717) is 15.8 Å². The van der Waals surface area contributed by atoms with Gasteiger partial charge >= 0.3 is 5.97 Å². The molecule has 0 bridgehead atoms. The minimum Gasteiger partial charge on any atom is -0.460 e. The Balaban J connectivity index is 1.96. The first-order valence-electron chi connectivity index (χ1n) is 7.68. The zero-order valence-electron chi connectivity index (χ0n) is 13.9. The first-order chi connectivity index (χ1) is 11.9. The summed E-state index contributed by atoms with van der Waals surface area (Å²) < 4.78 is 10.2. The van der Waals surface area contributed by atoms with Gasteiger partial charge in [0.05, 0.1) is 12.6 Å². The van der Waals surface area contributed by atoms with Gasteiger partial charge in [0.1, 0.15) is 12.3 Å². The van der Waals surface area contributed by atoms with Gasteiger partial charge < -0.3 is 20.2 Å². The Kier molecular flexibility index (Phi) is 6.73. The Morgan fingerprint density at radius 2 is 2.12 bits per heavy atom. The molecule has 0 saturated heterocycles. The average molecular weight is 384 g/mol. The van der Waals surface area contributed by atoms with Gasteiger partial charge in [-0.2, -0.15) is 0 Å². The number of carbonyl (C=O) groups excluding carboxylic acids is 1. The number of furan rings is 1. The SMILES string of the molecule is CCOC(=O)c1ccc(CN=C(N)NC(C)c2ccc(Cl)cc2Cl)o1. The van der Waals surface area contributed by atoms with E-state index in [9.17, 15) is 4.79 Å². The van der Waals surface area contributed by atoms with Gasteiger partial charge in [-0.3, -0.25) is 0 Å². The molecule has 0 radical (unpaired) electrons. The van der Waals surface area contributed by atoms with E-state index in [1.807, 2.05) is 13.0 Å². The third kappa shape index (κ3) is 5.41. The van der Waals surface area contributed by atoms with Crippen molar-refractivity contribution < 1.29 is 13.9 Å². The van der Waals surface area contributed by atoms with E-state index < -0.39 is 5.97 Å². The number of aliphatic imine (C=N–C) groups is 1. The lowest BCUT2D eigenvalue weighted by molar-refractivity contribution is 0.0488. The molecule has 25 heavy (non-hydrogen) atoms. The minimum atomic E-state index is -0.505. The number of nitrogens with two attached hydrogens (primary N) is 1. The number of carbonyl (C=O) groups is 1. The predicted octanol–water partition coefficient (Wildman–Crippen LogP) is 3.93. The number of rotatable bonds is 6. The number of guanidine groups is 1. The molecular weight excluding hydrogens is 365 g/mol. The Morgan fingerprint density at radius 3 is 2.80 bits per heavy atom. The highest BCUT2D eigenvalue weighted by molar-refractivity contribution is 6.35. The van der Waals surface area contributed by atoms with Crippen LogP contribution in [0.4, 0.5) is 0 Å². The molecule has 2 aromatic rings. The fraction of sp³-hybridized carbons (Fsp3) is 0.294. The molecule has 3 N–H and O–H groups in total. The van der Waals surface area contributed by atoms with Gasteiger partial charge in [-0.25, -0.2) is 9.79 Å². The van der Waals surface area contributed by atoms with Crippen LogP contribution in [-0.4, -0.2) is 18.5 Å². The van der Waals surface area contributed by atoms with Gasteiger partial charge in [0.25, 0.3) is 0 Å². The number of halogens is 2. The van der Waals surface area contributed by atoms with E-state index in [0.717, 1.165) is 5.56 Å². The lowest BCUT2D eigenvalue weighted by Gasteiger charge is -2.16. The Labute approximate surface area is 156 Å². The van der Waals surface area contributed by atoms with Gasteiger partial charge in [-0.1, -0.05) is 29.3 Å². The van der Waals surface area contributed by atoms with Crippen molar-refractivity contribution in [2.24, 2.45) is 10.7 Å². The molecule has 0 saturated carbocycles. The van der Waals surface area contributed by atoms with E-state index in [2.05, 4.69) is 10.3 Å². The molecule has 1 heterocycles. The number of benzene rings is 1. The Hall–Kier alpha value is -2.18. The number of esters is 1. The summed E-state index contributed by atoms with van der Waals surface area (Å²) >= 11 is 12.1. The fourth-order valence-corrected chi connectivity index (χ4v) is 2.71. The molecule has 0 aliphatic carbocycles. The van der Waals surface area contributed by atoms with Crippen molar-refractivity contribution in [3.8, 4) is 0 Å². The van der Waals surface area contributed by atoms with Gasteiger partial charge in [-0.05, 0) is 43.7 Å². The summed E-state index contributed by atoms with van der Waals surface area (Å²) in [4.78, 5) is 15.7. The van der Waals surface area contributed by atoms with Crippen molar-refractivity contribution >= 4 is 35.1 Å². The van der Waals surface area contributed by atoms with Gasteiger partial charge in [-0.15, -0.1) is 0 Å².